The van der Waals surface area contributed by atoms with Gasteiger partial charge in [-0.05, 0) is 74.8 Å². The standard InChI is InChI=1S/C52H33N3O2/c1-3-14-35(15-4-1)49-53-50(36-16-5-2-6-17-36)55-51(54-49)38-19-13-18-37(32-38)34-26-28-39(29-27-34)52(43-22-9-7-20-41(43)42-21-8-10-23-44(42)52)40-30-31-47-48(33-40)57-46-25-12-11-24-45(46)56-47/h1-33H. The van der Waals surface area contributed by atoms with Crippen molar-refractivity contribution in [1.29, 1.82) is 0 Å². The first-order valence-electron chi connectivity index (χ1n) is 19.1. The fourth-order valence-corrected chi connectivity index (χ4v) is 8.47. The van der Waals surface area contributed by atoms with Gasteiger partial charge in [0, 0.05) is 16.7 Å². The van der Waals surface area contributed by atoms with Gasteiger partial charge in [0.1, 0.15) is 0 Å². The SMILES string of the molecule is c1ccc(-c2nc(-c3ccccc3)nc(-c3cccc(-c4ccc(C5(c6ccc7c(c6)Oc6ccccc6O7)c6ccccc6-c6ccccc65)cc4)c3)n2)cc1. The van der Waals surface area contributed by atoms with E-state index in [1.165, 1.54) is 22.3 Å². The summed E-state index contributed by atoms with van der Waals surface area (Å²) in [5.74, 6) is 4.73. The van der Waals surface area contributed by atoms with Crippen LogP contribution in [0.25, 0.3) is 56.4 Å². The Balaban J connectivity index is 1.03. The third kappa shape index (κ3) is 5.43. The van der Waals surface area contributed by atoms with E-state index in [9.17, 15) is 0 Å². The topological polar surface area (TPSA) is 57.1 Å². The highest BCUT2D eigenvalue weighted by Gasteiger charge is 2.46. The molecule has 0 bridgehead atoms. The van der Waals surface area contributed by atoms with Crippen molar-refractivity contribution in [2.75, 3.05) is 0 Å². The van der Waals surface area contributed by atoms with Crippen molar-refractivity contribution in [3.63, 3.8) is 0 Å². The first-order valence-corrected chi connectivity index (χ1v) is 19.1. The Morgan fingerprint density at radius 3 is 1.37 bits per heavy atom. The van der Waals surface area contributed by atoms with Crippen LogP contribution in [0.15, 0.2) is 200 Å². The molecule has 0 fully saturated rings. The van der Waals surface area contributed by atoms with Crippen LogP contribution in [0.3, 0.4) is 0 Å². The zero-order chi connectivity index (χ0) is 37.8. The summed E-state index contributed by atoms with van der Waals surface area (Å²) in [6, 6.07) is 69.3. The smallest absolute Gasteiger partial charge is 0.170 e. The molecular weight excluding hydrogens is 699 g/mol. The minimum Gasteiger partial charge on any atom is -0.450 e. The van der Waals surface area contributed by atoms with Crippen molar-refractivity contribution in [3.05, 3.63) is 222 Å². The van der Waals surface area contributed by atoms with E-state index in [1.807, 2.05) is 91.0 Å². The minimum absolute atomic E-state index is 0.602. The lowest BCUT2D eigenvalue weighted by atomic mass is 9.67. The van der Waals surface area contributed by atoms with Gasteiger partial charge < -0.3 is 9.47 Å². The van der Waals surface area contributed by atoms with E-state index in [1.54, 1.807) is 0 Å². The Kier molecular flexibility index (Phi) is 7.64. The molecule has 1 aliphatic heterocycles. The highest BCUT2D eigenvalue weighted by atomic mass is 16.6. The van der Waals surface area contributed by atoms with Crippen molar-refractivity contribution >= 4 is 0 Å². The monoisotopic (exact) mass is 731 g/mol. The molecule has 5 heteroatoms. The molecule has 0 N–H and O–H groups in total. The number of rotatable bonds is 6. The molecule has 1 aromatic heterocycles. The fourth-order valence-electron chi connectivity index (χ4n) is 8.47. The third-order valence-corrected chi connectivity index (χ3v) is 11.1. The van der Waals surface area contributed by atoms with Gasteiger partial charge in [0.25, 0.3) is 0 Å². The molecule has 8 aromatic carbocycles. The van der Waals surface area contributed by atoms with E-state index in [2.05, 4.69) is 109 Å². The van der Waals surface area contributed by atoms with Gasteiger partial charge in [0.2, 0.25) is 0 Å². The van der Waals surface area contributed by atoms with Crippen molar-refractivity contribution in [2.45, 2.75) is 5.41 Å². The summed E-state index contributed by atoms with van der Waals surface area (Å²) < 4.78 is 12.8. The minimum atomic E-state index is -0.602. The second kappa shape index (κ2) is 13.3. The molecule has 2 heterocycles. The molecule has 57 heavy (non-hydrogen) atoms. The van der Waals surface area contributed by atoms with Gasteiger partial charge in [-0.25, -0.2) is 15.0 Å². The fraction of sp³-hybridized carbons (Fsp3) is 0.0192. The summed E-state index contributed by atoms with van der Waals surface area (Å²) in [7, 11) is 0. The van der Waals surface area contributed by atoms with Gasteiger partial charge in [-0.15, -0.1) is 0 Å². The van der Waals surface area contributed by atoms with Crippen molar-refractivity contribution in [2.24, 2.45) is 0 Å². The molecule has 268 valence electrons. The Hall–Kier alpha value is -7.63. The van der Waals surface area contributed by atoms with Crippen LogP contribution in [0.1, 0.15) is 22.3 Å². The normalized spacial score (nSPS) is 13.0. The summed E-state index contributed by atoms with van der Waals surface area (Å²) in [6.45, 7) is 0. The molecule has 0 radical (unpaired) electrons. The van der Waals surface area contributed by atoms with Crippen LogP contribution >= 0.6 is 0 Å². The molecule has 0 spiro atoms. The van der Waals surface area contributed by atoms with Gasteiger partial charge in [-0.2, -0.15) is 0 Å². The lowest BCUT2D eigenvalue weighted by molar-refractivity contribution is 0.359. The predicted octanol–water partition coefficient (Wildman–Crippen LogP) is 12.8. The predicted molar refractivity (Wildman–Crippen MR) is 225 cm³/mol. The van der Waals surface area contributed by atoms with Gasteiger partial charge in [0.05, 0.1) is 5.41 Å². The van der Waals surface area contributed by atoms with Crippen LogP contribution in [0.4, 0.5) is 0 Å². The van der Waals surface area contributed by atoms with Crippen LogP contribution < -0.4 is 9.47 Å². The lowest BCUT2D eigenvalue weighted by Crippen LogP contribution is -2.28. The second-order valence-electron chi connectivity index (χ2n) is 14.3. The van der Waals surface area contributed by atoms with Crippen LogP contribution in [0.2, 0.25) is 0 Å². The van der Waals surface area contributed by atoms with Crippen LogP contribution in [0.5, 0.6) is 23.0 Å². The molecule has 0 amide bonds. The maximum absolute atomic E-state index is 6.48. The van der Waals surface area contributed by atoms with Crippen molar-refractivity contribution in [3.8, 4) is 79.4 Å². The Morgan fingerprint density at radius 1 is 0.298 bits per heavy atom. The number of benzene rings is 8. The molecule has 0 atom stereocenters. The number of para-hydroxylation sites is 2. The average molecular weight is 732 g/mol. The molecule has 9 aromatic rings. The highest BCUT2D eigenvalue weighted by Crippen LogP contribution is 2.57. The molecule has 1 aliphatic carbocycles. The largest absolute Gasteiger partial charge is 0.450 e. The van der Waals surface area contributed by atoms with Gasteiger partial charge in [0.15, 0.2) is 40.5 Å². The highest BCUT2D eigenvalue weighted by molar-refractivity contribution is 5.87. The number of ether oxygens (including phenoxy) is 2. The summed E-state index contributed by atoms with van der Waals surface area (Å²) >= 11 is 0. The summed E-state index contributed by atoms with van der Waals surface area (Å²) in [6.07, 6.45) is 0. The Bertz CT molecular complexity index is 2860. The molecule has 0 unspecified atom stereocenters. The quantitative estimate of drug-likeness (QED) is 0.170. The van der Waals surface area contributed by atoms with Gasteiger partial charge in [-0.3, -0.25) is 0 Å². The van der Waals surface area contributed by atoms with E-state index in [0.717, 1.165) is 38.9 Å². The Labute approximate surface area is 330 Å². The molecule has 0 saturated heterocycles. The maximum atomic E-state index is 6.48. The average Bonchev–Trinajstić information content (AvgIpc) is 3.60. The van der Waals surface area contributed by atoms with E-state index in [-0.39, 0.29) is 0 Å². The van der Waals surface area contributed by atoms with E-state index >= 15 is 0 Å². The second-order valence-corrected chi connectivity index (χ2v) is 14.3. The number of hydrogen-bond donors (Lipinski definition) is 0. The van der Waals surface area contributed by atoms with Crippen molar-refractivity contribution < 1.29 is 9.47 Å². The van der Waals surface area contributed by atoms with E-state index < -0.39 is 5.41 Å². The molecule has 11 rings (SSSR count). The lowest BCUT2D eigenvalue weighted by Gasteiger charge is -2.34. The van der Waals surface area contributed by atoms with Crippen LogP contribution in [0, 0.1) is 0 Å². The molecule has 0 saturated carbocycles. The number of hydrogen-bond acceptors (Lipinski definition) is 5. The van der Waals surface area contributed by atoms with Gasteiger partial charge >= 0.3 is 0 Å². The van der Waals surface area contributed by atoms with Crippen molar-refractivity contribution in [1.82, 2.24) is 15.0 Å². The van der Waals surface area contributed by atoms with E-state index in [4.69, 9.17) is 24.4 Å². The maximum Gasteiger partial charge on any atom is 0.170 e. The zero-order valence-electron chi connectivity index (χ0n) is 30.7. The number of fused-ring (bicyclic) bond motifs is 5. The molecule has 2 aliphatic rings. The number of nitrogens with zero attached hydrogens (tertiary/aromatic N) is 3. The molecular formula is C52H33N3O2. The number of aromatic nitrogens is 3. The van der Waals surface area contributed by atoms with Crippen LogP contribution in [-0.2, 0) is 5.41 Å². The third-order valence-electron chi connectivity index (χ3n) is 11.1. The first kappa shape index (κ1) is 32.8. The Morgan fingerprint density at radius 2 is 0.754 bits per heavy atom. The summed E-state index contributed by atoms with van der Waals surface area (Å²) in [4.78, 5) is 14.9. The zero-order valence-corrected chi connectivity index (χ0v) is 30.7. The molecule has 5 nitrogen and oxygen atoms in total. The van der Waals surface area contributed by atoms with Crippen LogP contribution in [-0.4, -0.2) is 15.0 Å². The summed E-state index contributed by atoms with van der Waals surface area (Å²) in [5, 5.41) is 0. The van der Waals surface area contributed by atoms with E-state index in [0.29, 0.717) is 40.5 Å². The summed E-state index contributed by atoms with van der Waals surface area (Å²) in [5.41, 5.74) is 11.6. The van der Waals surface area contributed by atoms with Gasteiger partial charge in [-0.1, -0.05) is 170 Å². The first-order chi connectivity index (χ1) is 28.2.